The molecule has 0 radical (unpaired) electrons. The van der Waals surface area contributed by atoms with Crippen LogP contribution < -0.4 is 5.73 Å². The van der Waals surface area contributed by atoms with E-state index in [2.05, 4.69) is 25.1 Å². The van der Waals surface area contributed by atoms with Crippen molar-refractivity contribution >= 4 is 0 Å². The smallest absolute Gasteiger partial charge is 0.0706 e. The van der Waals surface area contributed by atoms with Crippen LogP contribution in [-0.2, 0) is 5.41 Å². The molecule has 1 saturated carbocycles. The molecule has 3 rings (SSSR count). The van der Waals surface area contributed by atoms with Crippen LogP contribution in [0.4, 0.5) is 0 Å². The fourth-order valence-electron chi connectivity index (χ4n) is 2.28. The number of para-hydroxylation sites is 1. The molecule has 3 nitrogen and oxygen atoms in total. The monoisotopic (exact) mass is 227 g/mol. The van der Waals surface area contributed by atoms with E-state index in [-0.39, 0.29) is 5.41 Å². The molecule has 0 bridgehead atoms. The predicted molar refractivity (Wildman–Crippen MR) is 68.3 cm³/mol. The molecule has 1 heterocycles. The molecule has 0 saturated heterocycles. The van der Waals surface area contributed by atoms with Gasteiger partial charge < -0.3 is 5.73 Å². The van der Waals surface area contributed by atoms with E-state index >= 15 is 0 Å². The van der Waals surface area contributed by atoms with Gasteiger partial charge in [0.1, 0.15) is 0 Å². The highest BCUT2D eigenvalue weighted by Gasteiger charge is 2.45. The highest BCUT2D eigenvalue weighted by atomic mass is 15.3. The lowest BCUT2D eigenvalue weighted by Crippen LogP contribution is -2.20. The second-order valence-corrected chi connectivity index (χ2v) is 4.90. The Kier molecular flexibility index (Phi) is 2.30. The Labute approximate surface area is 101 Å². The molecule has 2 N–H and O–H groups in total. The average molecular weight is 227 g/mol. The number of hydrogen-bond acceptors (Lipinski definition) is 2. The largest absolute Gasteiger partial charge is 0.330 e. The summed E-state index contributed by atoms with van der Waals surface area (Å²) in [5, 5.41) is 4.72. The summed E-state index contributed by atoms with van der Waals surface area (Å²) in [6, 6.07) is 12.4. The minimum atomic E-state index is 0.171. The number of rotatable bonds is 3. The van der Waals surface area contributed by atoms with Gasteiger partial charge in [0.05, 0.1) is 11.4 Å². The van der Waals surface area contributed by atoms with Gasteiger partial charge in [-0.3, -0.25) is 0 Å². The molecule has 0 spiro atoms. The first-order valence-corrected chi connectivity index (χ1v) is 6.08. The van der Waals surface area contributed by atoms with Crippen molar-refractivity contribution < 1.29 is 0 Å². The van der Waals surface area contributed by atoms with Crippen molar-refractivity contribution in [2.24, 2.45) is 5.73 Å². The van der Waals surface area contributed by atoms with Crippen molar-refractivity contribution in [2.75, 3.05) is 6.54 Å². The van der Waals surface area contributed by atoms with Gasteiger partial charge in [-0.25, -0.2) is 4.68 Å². The normalized spacial score (nSPS) is 17.1. The molecule has 1 aliphatic carbocycles. The van der Waals surface area contributed by atoms with Crippen molar-refractivity contribution in [3.63, 3.8) is 0 Å². The van der Waals surface area contributed by atoms with Gasteiger partial charge in [0.15, 0.2) is 0 Å². The van der Waals surface area contributed by atoms with E-state index in [1.165, 1.54) is 18.5 Å². The fourth-order valence-corrected chi connectivity index (χ4v) is 2.28. The van der Waals surface area contributed by atoms with Crippen LogP contribution in [0.5, 0.6) is 0 Å². The van der Waals surface area contributed by atoms with Crippen LogP contribution in [0.15, 0.2) is 36.4 Å². The Morgan fingerprint density at radius 1 is 1.29 bits per heavy atom. The van der Waals surface area contributed by atoms with E-state index in [1.54, 1.807) is 0 Å². The maximum atomic E-state index is 5.85. The Morgan fingerprint density at radius 2 is 2.00 bits per heavy atom. The Morgan fingerprint density at radius 3 is 2.59 bits per heavy atom. The zero-order valence-corrected chi connectivity index (χ0v) is 10.1. The van der Waals surface area contributed by atoms with E-state index in [4.69, 9.17) is 10.8 Å². The molecule has 3 heteroatoms. The molecule has 88 valence electrons. The lowest BCUT2D eigenvalue weighted by Gasteiger charge is -2.07. The SMILES string of the molecule is Cc1cc(C2(CN)CC2)nn1-c1ccccc1. The van der Waals surface area contributed by atoms with E-state index in [0.717, 1.165) is 11.4 Å². The number of nitrogens with zero attached hydrogens (tertiary/aromatic N) is 2. The summed E-state index contributed by atoms with van der Waals surface area (Å²) >= 11 is 0. The summed E-state index contributed by atoms with van der Waals surface area (Å²) in [7, 11) is 0. The van der Waals surface area contributed by atoms with E-state index in [0.29, 0.717) is 6.54 Å². The summed E-state index contributed by atoms with van der Waals surface area (Å²) in [5.41, 5.74) is 9.46. The lowest BCUT2D eigenvalue weighted by atomic mass is 10.0. The molecular formula is C14H17N3. The van der Waals surface area contributed by atoms with Crippen molar-refractivity contribution in [1.29, 1.82) is 0 Å². The third kappa shape index (κ3) is 1.67. The van der Waals surface area contributed by atoms with Crippen LogP contribution in [0, 0.1) is 6.92 Å². The zero-order valence-electron chi connectivity index (χ0n) is 10.1. The highest BCUT2D eigenvalue weighted by molar-refractivity contribution is 5.35. The summed E-state index contributed by atoms with van der Waals surface area (Å²) in [6.45, 7) is 2.80. The van der Waals surface area contributed by atoms with Crippen LogP contribution in [-0.4, -0.2) is 16.3 Å². The summed E-state index contributed by atoms with van der Waals surface area (Å²) < 4.78 is 2.01. The minimum Gasteiger partial charge on any atom is -0.330 e. The van der Waals surface area contributed by atoms with E-state index in [9.17, 15) is 0 Å². The molecule has 1 fully saturated rings. The number of hydrogen-bond donors (Lipinski definition) is 1. The number of aryl methyl sites for hydroxylation is 1. The third-order valence-corrected chi connectivity index (χ3v) is 3.68. The molecular weight excluding hydrogens is 210 g/mol. The molecule has 17 heavy (non-hydrogen) atoms. The second-order valence-electron chi connectivity index (χ2n) is 4.90. The van der Waals surface area contributed by atoms with Crippen LogP contribution >= 0.6 is 0 Å². The molecule has 2 aromatic rings. The lowest BCUT2D eigenvalue weighted by molar-refractivity contribution is 0.660. The van der Waals surface area contributed by atoms with Gasteiger partial charge in [0.2, 0.25) is 0 Å². The van der Waals surface area contributed by atoms with Crippen LogP contribution in [0.25, 0.3) is 5.69 Å². The Bertz CT molecular complexity index is 524. The molecule has 0 atom stereocenters. The molecule has 0 amide bonds. The van der Waals surface area contributed by atoms with E-state index < -0.39 is 0 Å². The first-order valence-electron chi connectivity index (χ1n) is 6.08. The number of benzene rings is 1. The molecule has 0 aliphatic heterocycles. The van der Waals surface area contributed by atoms with Gasteiger partial charge in [-0.1, -0.05) is 18.2 Å². The predicted octanol–water partition coefficient (Wildman–Crippen LogP) is 2.17. The number of aromatic nitrogens is 2. The van der Waals surface area contributed by atoms with Crippen LogP contribution in [0.1, 0.15) is 24.2 Å². The first-order chi connectivity index (χ1) is 8.25. The van der Waals surface area contributed by atoms with Crippen molar-refractivity contribution in [2.45, 2.75) is 25.2 Å². The maximum Gasteiger partial charge on any atom is 0.0706 e. The standard InChI is InChI=1S/C14H17N3/c1-11-9-13(14(10-15)7-8-14)16-17(11)12-5-3-2-4-6-12/h2-6,9H,7-8,10,15H2,1H3. The topological polar surface area (TPSA) is 43.8 Å². The van der Waals surface area contributed by atoms with Gasteiger partial charge in [-0.2, -0.15) is 5.10 Å². The summed E-state index contributed by atoms with van der Waals surface area (Å²) in [5.74, 6) is 0. The van der Waals surface area contributed by atoms with Gasteiger partial charge in [0.25, 0.3) is 0 Å². The first kappa shape index (κ1) is 10.5. The fraction of sp³-hybridized carbons (Fsp3) is 0.357. The van der Waals surface area contributed by atoms with Gasteiger partial charge in [-0.15, -0.1) is 0 Å². The maximum absolute atomic E-state index is 5.85. The Balaban J connectivity index is 2.03. The van der Waals surface area contributed by atoms with Crippen molar-refractivity contribution in [3.8, 4) is 5.69 Å². The Hall–Kier alpha value is -1.61. The molecule has 0 unspecified atom stereocenters. The average Bonchev–Trinajstić information content (AvgIpc) is 3.08. The number of nitrogens with two attached hydrogens (primary N) is 1. The highest BCUT2D eigenvalue weighted by Crippen LogP contribution is 2.46. The van der Waals surface area contributed by atoms with Gasteiger partial charge >= 0.3 is 0 Å². The van der Waals surface area contributed by atoms with Gasteiger partial charge in [-0.05, 0) is 38.0 Å². The second kappa shape index (κ2) is 3.70. The molecule has 1 aromatic heterocycles. The van der Waals surface area contributed by atoms with E-state index in [1.807, 2.05) is 22.9 Å². The van der Waals surface area contributed by atoms with Crippen LogP contribution in [0.3, 0.4) is 0 Å². The molecule has 1 aromatic carbocycles. The van der Waals surface area contributed by atoms with Gasteiger partial charge in [0, 0.05) is 17.7 Å². The summed E-state index contributed by atoms with van der Waals surface area (Å²) in [6.07, 6.45) is 2.35. The third-order valence-electron chi connectivity index (χ3n) is 3.68. The van der Waals surface area contributed by atoms with Crippen LogP contribution in [0.2, 0.25) is 0 Å². The summed E-state index contributed by atoms with van der Waals surface area (Å²) in [4.78, 5) is 0. The van der Waals surface area contributed by atoms with Crippen molar-refractivity contribution in [3.05, 3.63) is 47.8 Å². The molecule has 1 aliphatic rings. The van der Waals surface area contributed by atoms with Crippen molar-refractivity contribution in [1.82, 2.24) is 9.78 Å². The quantitative estimate of drug-likeness (QED) is 0.873. The minimum absolute atomic E-state index is 0.171. The zero-order chi connectivity index (χ0) is 11.9.